The van der Waals surface area contributed by atoms with Gasteiger partial charge in [-0.05, 0) is 45.7 Å². The van der Waals surface area contributed by atoms with Gasteiger partial charge in [-0.1, -0.05) is 30.3 Å². The number of anilines is 1. The third-order valence-electron chi connectivity index (χ3n) is 8.23. The number of rotatable bonds is 5. The van der Waals surface area contributed by atoms with Gasteiger partial charge in [-0.15, -0.1) is 0 Å². The van der Waals surface area contributed by atoms with Crippen molar-refractivity contribution >= 4 is 29.6 Å². The molecule has 1 fully saturated rings. The van der Waals surface area contributed by atoms with Gasteiger partial charge in [-0.25, -0.2) is 15.0 Å². The first-order valence-electron chi connectivity index (χ1n) is 15.6. The number of carbonyl (C=O) groups is 4. The van der Waals surface area contributed by atoms with Crippen LogP contribution in [-0.4, -0.2) is 95.3 Å². The molecule has 14 heteroatoms. The number of fused-ring (bicyclic) bond motifs is 2. The molecule has 3 aromatic rings. The summed E-state index contributed by atoms with van der Waals surface area (Å²) in [7, 11) is 2.07. The molecule has 0 radical (unpaired) electrons. The Bertz CT molecular complexity index is 1540. The number of likely N-dealkylation sites (N-methyl/N-ethyl adjacent to an activating group) is 1. The van der Waals surface area contributed by atoms with E-state index in [-0.39, 0.29) is 23.1 Å². The molecule has 2 aliphatic rings. The fourth-order valence-corrected chi connectivity index (χ4v) is 5.41. The normalized spacial score (nSPS) is 22.0. The summed E-state index contributed by atoms with van der Waals surface area (Å²) in [5.41, 5.74) is 1.67. The molecule has 0 saturated carbocycles. The van der Waals surface area contributed by atoms with Crippen molar-refractivity contribution in [2.45, 2.75) is 57.7 Å². The lowest BCUT2D eigenvalue weighted by atomic mass is 10.0. The molecule has 1 aromatic carbocycles. The van der Waals surface area contributed by atoms with Gasteiger partial charge in [0.05, 0.1) is 11.3 Å². The van der Waals surface area contributed by atoms with E-state index >= 15 is 0 Å². The highest BCUT2D eigenvalue weighted by Crippen LogP contribution is 2.16. The zero-order valence-electron chi connectivity index (χ0n) is 26.4. The smallest absolute Gasteiger partial charge is 0.273 e. The molecular weight excluding hydrogens is 590 g/mol. The van der Waals surface area contributed by atoms with Crippen molar-refractivity contribution in [3.05, 3.63) is 71.2 Å². The molecule has 4 amide bonds. The summed E-state index contributed by atoms with van der Waals surface area (Å²) in [4.78, 5) is 70.6. The van der Waals surface area contributed by atoms with Gasteiger partial charge in [-0.2, -0.15) is 0 Å². The lowest BCUT2D eigenvalue weighted by molar-refractivity contribution is -0.124. The Kier molecular flexibility index (Phi) is 10.6. The molecule has 2 aliphatic heterocycles. The number of aromatic nitrogens is 3. The minimum atomic E-state index is -0.890. The van der Waals surface area contributed by atoms with Crippen molar-refractivity contribution in [3.63, 3.8) is 0 Å². The zero-order chi connectivity index (χ0) is 32.6. The second-order valence-electron chi connectivity index (χ2n) is 11.8. The third kappa shape index (κ3) is 8.24. The van der Waals surface area contributed by atoms with Crippen LogP contribution >= 0.6 is 0 Å². The number of oxazole rings is 1. The minimum absolute atomic E-state index is 0.0191. The summed E-state index contributed by atoms with van der Waals surface area (Å²) >= 11 is 0. The molecular formula is C32H41N9O5. The largest absolute Gasteiger partial charge is 0.446 e. The van der Waals surface area contributed by atoms with Crippen LogP contribution in [-0.2, 0) is 16.0 Å². The van der Waals surface area contributed by atoms with Crippen LogP contribution in [0.1, 0.15) is 70.2 Å². The first-order chi connectivity index (χ1) is 22.2. The highest BCUT2D eigenvalue weighted by molar-refractivity contribution is 5.98. The molecule has 46 heavy (non-hydrogen) atoms. The van der Waals surface area contributed by atoms with E-state index in [0.29, 0.717) is 43.9 Å². The second kappa shape index (κ2) is 15.0. The second-order valence-corrected chi connectivity index (χ2v) is 11.8. The molecule has 2 aromatic heterocycles. The fourth-order valence-electron chi connectivity index (χ4n) is 5.41. The number of amides is 4. The lowest BCUT2D eigenvalue weighted by Crippen LogP contribution is -2.49. The number of benzene rings is 1. The molecule has 244 valence electrons. The SMILES string of the molecule is Cc1nc(N2CCN(C)CC2)ncc1C(=O)N[C@H]1CCCCNC(=O)[C@H](Cc2ccccc2)NC(=O)c2coc(n2)[C@H](C)NC1=O. The van der Waals surface area contributed by atoms with E-state index in [1.807, 2.05) is 30.3 Å². The van der Waals surface area contributed by atoms with Gasteiger partial charge in [-0.3, -0.25) is 19.2 Å². The van der Waals surface area contributed by atoms with Crippen LogP contribution in [0.5, 0.6) is 0 Å². The molecule has 5 rings (SSSR count). The van der Waals surface area contributed by atoms with Crippen molar-refractivity contribution in [1.82, 2.24) is 41.1 Å². The van der Waals surface area contributed by atoms with Crippen molar-refractivity contribution < 1.29 is 23.6 Å². The number of aryl methyl sites for hydroxylation is 1. The summed E-state index contributed by atoms with van der Waals surface area (Å²) in [6, 6.07) is 6.99. The van der Waals surface area contributed by atoms with E-state index in [9.17, 15) is 19.2 Å². The molecule has 4 N–H and O–H groups in total. The van der Waals surface area contributed by atoms with Crippen LogP contribution < -0.4 is 26.2 Å². The predicted octanol–water partition coefficient (Wildman–Crippen LogP) is 1.14. The van der Waals surface area contributed by atoms with Crippen LogP contribution in [0, 0.1) is 6.92 Å². The Labute approximate surface area is 267 Å². The fraction of sp³-hybridized carbons (Fsp3) is 0.469. The van der Waals surface area contributed by atoms with Crippen LogP contribution in [0.2, 0.25) is 0 Å². The van der Waals surface area contributed by atoms with Gasteiger partial charge in [0.15, 0.2) is 5.69 Å². The summed E-state index contributed by atoms with van der Waals surface area (Å²) in [6.45, 7) is 7.15. The summed E-state index contributed by atoms with van der Waals surface area (Å²) < 4.78 is 5.52. The molecule has 14 nitrogen and oxygen atoms in total. The monoisotopic (exact) mass is 631 g/mol. The van der Waals surface area contributed by atoms with Crippen molar-refractivity contribution in [3.8, 4) is 0 Å². The van der Waals surface area contributed by atoms with Crippen molar-refractivity contribution in [2.75, 3.05) is 44.7 Å². The maximum absolute atomic E-state index is 13.4. The topological polar surface area (TPSA) is 175 Å². The lowest BCUT2D eigenvalue weighted by Gasteiger charge is -2.32. The Balaban J connectivity index is 1.29. The van der Waals surface area contributed by atoms with Gasteiger partial charge in [0.2, 0.25) is 23.7 Å². The molecule has 0 aliphatic carbocycles. The van der Waals surface area contributed by atoms with Crippen LogP contribution in [0.15, 0.2) is 47.2 Å². The van der Waals surface area contributed by atoms with Gasteiger partial charge in [0.25, 0.3) is 11.8 Å². The average molecular weight is 632 g/mol. The Hall–Kier alpha value is -4.85. The number of nitrogens with one attached hydrogen (secondary N) is 4. The van der Waals surface area contributed by atoms with Crippen LogP contribution in [0.25, 0.3) is 0 Å². The van der Waals surface area contributed by atoms with Crippen LogP contribution in [0.4, 0.5) is 5.95 Å². The highest BCUT2D eigenvalue weighted by Gasteiger charge is 2.28. The predicted molar refractivity (Wildman–Crippen MR) is 169 cm³/mol. The number of carbonyl (C=O) groups excluding carboxylic acids is 4. The molecule has 0 unspecified atom stereocenters. The van der Waals surface area contributed by atoms with Gasteiger partial charge in [0.1, 0.15) is 24.4 Å². The van der Waals surface area contributed by atoms with E-state index in [0.717, 1.165) is 31.7 Å². The number of hydrogen-bond donors (Lipinski definition) is 4. The van der Waals surface area contributed by atoms with Gasteiger partial charge in [0, 0.05) is 45.3 Å². The number of piperazine rings is 1. The Morgan fingerprint density at radius 1 is 1.02 bits per heavy atom. The summed E-state index contributed by atoms with van der Waals surface area (Å²) in [5.74, 6) is -1.11. The van der Waals surface area contributed by atoms with E-state index in [2.05, 4.69) is 53.1 Å². The van der Waals surface area contributed by atoms with Crippen LogP contribution in [0.3, 0.4) is 0 Å². The first-order valence-corrected chi connectivity index (χ1v) is 15.6. The Morgan fingerprint density at radius 3 is 2.52 bits per heavy atom. The average Bonchev–Trinajstić information content (AvgIpc) is 3.55. The maximum Gasteiger partial charge on any atom is 0.273 e. The first kappa shape index (κ1) is 32.5. The minimum Gasteiger partial charge on any atom is -0.446 e. The molecule has 4 heterocycles. The quantitative estimate of drug-likeness (QED) is 0.320. The standard InChI is InChI=1S/C32H41N9O5/c1-20-23(18-34-32(36-20)41-15-13-40(3)14-16-41)27(42)37-24-11-7-8-12-33-28(43)25(17-22-9-5-4-6-10-22)38-30(45)26-19-46-31(39-26)21(2)35-29(24)44/h4-6,9-10,18-19,21,24-25H,7-8,11-17H2,1-3H3,(H,33,43)(H,35,44)(H,37,42)(H,38,45)/t21-,24-,25-/m0/s1. The molecule has 2 bridgehead atoms. The van der Waals surface area contributed by atoms with Gasteiger partial charge < -0.3 is 35.5 Å². The van der Waals surface area contributed by atoms with E-state index in [1.54, 1.807) is 13.8 Å². The van der Waals surface area contributed by atoms with Crippen molar-refractivity contribution in [1.29, 1.82) is 0 Å². The molecule has 1 saturated heterocycles. The van der Waals surface area contributed by atoms with E-state index < -0.39 is 35.8 Å². The third-order valence-corrected chi connectivity index (χ3v) is 8.23. The zero-order valence-corrected chi connectivity index (χ0v) is 26.4. The molecule has 3 atom stereocenters. The molecule has 0 spiro atoms. The van der Waals surface area contributed by atoms with Gasteiger partial charge >= 0.3 is 0 Å². The summed E-state index contributed by atoms with van der Waals surface area (Å²) in [6.07, 6.45) is 4.39. The number of nitrogens with zero attached hydrogens (tertiary/aromatic N) is 5. The van der Waals surface area contributed by atoms with E-state index in [4.69, 9.17) is 4.42 Å². The summed E-state index contributed by atoms with van der Waals surface area (Å²) in [5, 5.41) is 11.3. The van der Waals surface area contributed by atoms with E-state index in [1.165, 1.54) is 12.5 Å². The number of hydrogen-bond acceptors (Lipinski definition) is 10. The maximum atomic E-state index is 13.4. The van der Waals surface area contributed by atoms with Crippen molar-refractivity contribution in [2.24, 2.45) is 0 Å². The highest BCUT2D eigenvalue weighted by atomic mass is 16.3. The Morgan fingerprint density at radius 2 is 1.78 bits per heavy atom.